The standard InChI is InChI=1S/C16H9ClN2O5/c17-11-4-2-7(13(18)20)6-12(11)19-14(21)9-3-1-8(16(23)24)5-10(9)15(19)22/h1-6H,(H2,18,20)(H,23,24). The minimum atomic E-state index is -1.22. The highest BCUT2D eigenvalue weighted by Crippen LogP contribution is 2.34. The lowest BCUT2D eigenvalue weighted by Gasteiger charge is -2.16. The molecule has 0 saturated heterocycles. The van der Waals surface area contributed by atoms with Crippen LogP contribution in [0, 0.1) is 0 Å². The maximum absolute atomic E-state index is 12.6. The van der Waals surface area contributed by atoms with Crippen molar-refractivity contribution in [3.8, 4) is 0 Å². The molecule has 0 bridgehead atoms. The van der Waals surface area contributed by atoms with Gasteiger partial charge in [-0.25, -0.2) is 9.69 Å². The summed E-state index contributed by atoms with van der Waals surface area (Å²) in [4.78, 5) is 48.2. The van der Waals surface area contributed by atoms with Crippen molar-refractivity contribution in [2.75, 3.05) is 4.90 Å². The van der Waals surface area contributed by atoms with E-state index < -0.39 is 23.7 Å². The molecule has 24 heavy (non-hydrogen) atoms. The van der Waals surface area contributed by atoms with E-state index in [2.05, 4.69) is 0 Å². The molecular formula is C16H9ClN2O5. The Morgan fingerprint density at radius 1 is 0.958 bits per heavy atom. The van der Waals surface area contributed by atoms with Crippen LogP contribution in [0.2, 0.25) is 5.02 Å². The van der Waals surface area contributed by atoms with Crippen LogP contribution in [0.1, 0.15) is 41.4 Å². The second-order valence-corrected chi connectivity index (χ2v) is 5.45. The van der Waals surface area contributed by atoms with E-state index in [0.717, 1.165) is 11.0 Å². The third-order valence-corrected chi connectivity index (χ3v) is 3.92. The van der Waals surface area contributed by atoms with E-state index in [4.69, 9.17) is 22.4 Å². The number of primary amides is 1. The van der Waals surface area contributed by atoms with Gasteiger partial charge in [-0.1, -0.05) is 11.6 Å². The highest BCUT2D eigenvalue weighted by Gasteiger charge is 2.38. The van der Waals surface area contributed by atoms with Crippen molar-refractivity contribution in [2.45, 2.75) is 0 Å². The number of hydrogen-bond acceptors (Lipinski definition) is 4. The van der Waals surface area contributed by atoms with Gasteiger partial charge in [-0.15, -0.1) is 0 Å². The van der Waals surface area contributed by atoms with E-state index in [-0.39, 0.29) is 33.0 Å². The Hall–Kier alpha value is -3.19. The number of halogens is 1. The number of anilines is 1. The van der Waals surface area contributed by atoms with Crippen LogP contribution in [0.4, 0.5) is 5.69 Å². The van der Waals surface area contributed by atoms with E-state index in [0.29, 0.717) is 0 Å². The molecule has 0 aliphatic carbocycles. The third-order valence-electron chi connectivity index (χ3n) is 3.61. The number of benzene rings is 2. The number of rotatable bonds is 3. The zero-order chi connectivity index (χ0) is 17.6. The number of aromatic carboxylic acids is 1. The van der Waals surface area contributed by atoms with Gasteiger partial charge in [0.05, 0.1) is 27.4 Å². The number of hydrogen-bond donors (Lipinski definition) is 2. The van der Waals surface area contributed by atoms with Gasteiger partial charge in [-0.2, -0.15) is 0 Å². The van der Waals surface area contributed by atoms with Gasteiger partial charge in [-0.3, -0.25) is 14.4 Å². The lowest BCUT2D eigenvalue weighted by molar-refractivity contribution is 0.0696. The SMILES string of the molecule is NC(=O)c1ccc(Cl)c(N2C(=O)c3ccc(C(=O)O)cc3C2=O)c1. The van der Waals surface area contributed by atoms with Crippen molar-refractivity contribution in [1.29, 1.82) is 0 Å². The lowest BCUT2D eigenvalue weighted by Crippen LogP contribution is -2.30. The fourth-order valence-corrected chi connectivity index (χ4v) is 2.63. The van der Waals surface area contributed by atoms with E-state index in [1.54, 1.807) is 0 Å². The van der Waals surface area contributed by atoms with Crippen LogP contribution in [-0.4, -0.2) is 28.8 Å². The third kappa shape index (κ3) is 2.31. The van der Waals surface area contributed by atoms with E-state index in [1.165, 1.54) is 30.3 Å². The molecule has 120 valence electrons. The number of amides is 3. The molecule has 3 amide bonds. The number of carbonyl (C=O) groups is 4. The van der Waals surface area contributed by atoms with Gasteiger partial charge in [0, 0.05) is 5.56 Å². The van der Waals surface area contributed by atoms with E-state index in [1.807, 2.05) is 0 Å². The minimum Gasteiger partial charge on any atom is -0.478 e. The summed E-state index contributed by atoms with van der Waals surface area (Å²) in [5.41, 5.74) is 5.20. The molecule has 3 N–H and O–H groups in total. The molecule has 2 aromatic carbocycles. The molecule has 0 radical (unpaired) electrons. The fourth-order valence-electron chi connectivity index (χ4n) is 2.43. The topological polar surface area (TPSA) is 118 Å². The molecular weight excluding hydrogens is 336 g/mol. The van der Waals surface area contributed by atoms with Gasteiger partial charge in [0.15, 0.2) is 0 Å². The zero-order valence-corrected chi connectivity index (χ0v) is 12.7. The van der Waals surface area contributed by atoms with Crippen LogP contribution in [0.5, 0.6) is 0 Å². The molecule has 2 aromatic rings. The summed E-state index contributed by atoms with van der Waals surface area (Å²) in [5, 5.41) is 9.09. The number of fused-ring (bicyclic) bond motifs is 1. The van der Waals surface area contributed by atoms with Gasteiger partial charge in [0.1, 0.15) is 0 Å². The van der Waals surface area contributed by atoms with Gasteiger partial charge in [0.25, 0.3) is 11.8 Å². The highest BCUT2D eigenvalue weighted by molar-refractivity contribution is 6.40. The number of imide groups is 1. The number of carboxylic acids is 1. The van der Waals surface area contributed by atoms with Crippen LogP contribution in [0.3, 0.4) is 0 Å². The van der Waals surface area contributed by atoms with Gasteiger partial charge in [0.2, 0.25) is 5.91 Å². The van der Waals surface area contributed by atoms with Crippen molar-refractivity contribution >= 4 is 41.0 Å². The molecule has 1 aliphatic heterocycles. The van der Waals surface area contributed by atoms with Crippen molar-refractivity contribution in [2.24, 2.45) is 5.73 Å². The number of nitrogens with zero attached hydrogens (tertiary/aromatic N) is 1. The summed E-state index contributed by atoms with van der Waals surface area (Å²) < 4.78 is 0. The largest absolute Gasteiger partial charge is 0.478 e. The Morgan fingerprint density at radius 3 is 2.21 bits per heavy atom. The van der Waals surface area contributed by atoms with Crippen molar-refractivity contribution in [3.63, 3.8) is 0 Å². The molecule has 7 nitrogen and oxygen atoms in total. The van der Waals surface area contributed by atoms with Crippen LogP contribution in [0.15, 0.2) is 36.4 Å². The summed E-state index contributed by atoms with van der Waals surface area (Å²) >= 11 is 6.04. The number of carbonyl (C=O) groups excluding carboxylic acids is 3. The molecule has 0 unspecified atom stereocenters. The maximum Gasteiger partial charge on any atom is 0.335 e. The van der Waals surface area contributed by atoms with E-state index >= 15 is 0 Å². The summed E-state index contributed by atoms with van der Waals surface area (Å²) in [7, 11) is 0. The second-order valence-electron chi connectivity index (χ2n) is 5.04. The quantitative estimate of drug-likeness (QED) is 0.825. The number of nitrogens with two attached hydrogens (primary N) is 1. The summed E-state index contributed by atoms with van der Waals surface area (Å²) in [5.74, 6) is -3.33. The zero-order valence-electron chi connectivity index (χ0n) is 11.9. The molecule has 0 saturated carbocycles. The summed E-state index contributed by atoms with van der Waals surface area (Å²) in [6.45, 7) is 0. The monoisotopic (exact) mass is 344 g/mol. The molecule has 1 aliphatic rings. The van der Waals surface area contributed by atoms with Crippen LogP contribution < -0.4 is 10.6 Å². The minimum absolute atomic E-state index is 0.0102. The Labute approximate surface area is 140 Å². The predicted molar refractivity (Wildman–Crippen MR) is 84.5 cm³/mol. The first-order valence-corrected chi connectivity index (χ1v) is 7.04. The smallest absolute Gasteiger partial charge is 0.335 e. The van der Waals surface area contributed by atoms with Crippen molar-refractivity contribution < 1.29 is 24.3 Å². The molecule has 0 atom stereocenters. The average molecular weight is 345 g/mol. The average Bonchev–Trinajstić information content (AvgIpc) is 2.79. The Kier molecular flexibility index (Phi) is 3.57. The molecule has 0 fully saturated rings. The molecule has 0 spiro atoms. The van der Waals surface area contributed by atoms with Crippen molar-refractivity contribution in [3.05, 3.63) is 63.7 Å². The Balaban J connectivity index is 2.13. The Morgan fingerprint density at radius 2 is 1.58 bits per heavy atom. The molecule has 1 heterocycles. The normalized spacial score (nSPS) is 13.1. The highest BCUT2D eigenvalue weighted by atomic mass is 35.5. The van der Waals surface area contributed by atoms with Crippen LogP contribution in [0.25, 0.3) is 0 Å². The predicted octanol–water partition coefficient (Wildman–Crippen LogP) is 1.94. The molecule has 3 rings (SSSR count). The Bertz CT molecular complexity index is 938. The van der Waals surface area contributed by atoms with Gasteiger partial charge < -0.3 is 10.8 Å². The first-order valence-electron chi connectivity index (χ1n) is 6.66. The van der Waals surface area contributed by atoms with E-state index in [9.17, 15) is 19.2 Å². The first kappa shape index (κ1) is 15.7. The first-order chi connectivity index (χ1) is 11.3. The van der Waals surface area contributed by atoms with Crippen LogP contribution >= 0.6 is 11.6 Å². The molecule has 8 heteroatoms. The molecule has 0 aromatic heterocycles. The van der Waals surface area contributed by atoms with Gasteiger partial charge in [-0.05, 0) is 36.4 Å². The van der Waals surface area contributed by atoms with Gasteiger partial charge >= 0.3 is 5.97 Å². The fraction of sp³-hybridized carbons (Fsp3) is 0. The summed E-state index contributed by atoms with van der Waals surface area (Å²) in [6, 6.07) is 7.59. The van der Waals surface area contributed by atoms with Crippen LogP contribution in [-0.2, 0) is 0 Å². The maximum atomic E-state index is 12.6. The number of carboxylic acid groups (broad SMARTS) is 1. The lowest BCUT2D eigenvalue weighted by atomic mass is 10.1. The summed E-state index contributed by atoms with van der Waals surface area (Å²) in [6.07, 6.45) is 0. The van der Waals surface area contributed by atoms with Crippen molar-refractivity contribution in [1.82, 2.24) is 0 Å². The second kappa shape index (κ2) is 5.47.